The fourth-order valence-electron chi connectivity index (χ4n) is 3.05. The van der Waals surface area contributed by atoms with Gasteiger partial charge in [0.15, 0.2) is 0 Å². The maximum absolute atomic E-state index is 12.8. The van der Waals surface area contributed by atoms with Gasteiger partial charge in [-0.1, -0.05) is 35.9 Å². The molecule has 1 heterocycles. The van der Waals surface area contributed by atoms with Crippen molar-refractivity contribution in [1.29, 1.82) is 0 Å². The van der Waals surface area contributed by atoms with Crippen molar-refractivity contribution in [3.05, 3.63) is 70.9 Å². The number of hydrogen-bond acceptors (Lipinski definition) is 5. The minimum atomic E-state index is -0.465. The molecule has 8 heteroatoms. The second-order valence-electron chi connectivity index (χ2n) is 6.72. The smallest absolute Gasteiger partial charge is 0.311 e. The van der Waals surface area contributed by atoms with Gasteiger partial charge in [0, 0.05) is 23.3 Å². The van der Waals surface area contributed by atoms with Crippen LogP contribution in [0.25, 0.3) is 0 Å². The quantitative estimate of drug-likeness (QED) is 0.663. The van der Waals surface area contributed by atoms with E-state index in [0.717, 1.165) is 5.56 Å². The van der Waals surface area contributed by atoms with Gasteiger partial charge >= 0.3 is 5.97 Å². The summed E-state index contributed by atoms with van der Waals surface area (Å²) in [5.41, 5.74) is 2.65. The standard InChI is InChI=1S/C22H22ClN3O4/c1-30-22(29)13-17-12-21(28)26(19-5-3-2-4-18(19)25-17)14-20(27)24-11-10-15-6-8-16(23)9-7-15/h2-9,12,25H,10-11,13-14H2,1H3,(H,24,27). The molecule has 0 saturated carbocycles. The number of hydrogen-bond donors (Lipinski definition) is 2. The summed E-state index contributed by atoms with van der Waals surface area (Å²) in [5.74, 6) is -1.14. The highest BCUT2D eigenvalue weighted by Crippen LogP contribution is 2.30. The lowest BCUT2D eigenvalue weighted by Gasteiger charge is -2.21. The Hall–Kier alpha value is -3.32. The molecule has 0 spiro atoms. The number of ether oxygens (including phenoxy) is 1. The van der Waals surface area contributed by atoms with Crippen LogP contribution in [0.5, 0.6) is 0 Å². The van der Waals surface area contributed by atoms with Crippen molar-refractivity contribution >= 4 is 40.8 Å². The molecule has 7 nitrogen and oxygen atoms in total. The summed E-state index contributed by atoms with van der Waals surface area (Å²) in [6.07, 6.45) is 1.90. The third-order valence-corrected chi connectivity index (χ3v) is 4.82. The molecule has 30 heavy (non-hydrogen) atoms. The summed E-state index contributed by atoms with van der Waals surface area (Å²) in [6.45, 7) is 0.298. The van der Waals surface area contributed by atoms with E-state index in [0.29, 0.717) is 35.1 Å². The topological polar surface area (TPSA) is 87.7 Å². The third-order valence-electron chi connectivity index (χ3n) is 4.57. The molecule has 0 fully saturated rings. The number of methoxy groups -OCH3 is 1. The zero-order valence-corrected chi connectivity index (χ0v) is 17.2. The van der Waals surface area contributed by atoms with E-state index in [-0.39, 0.29) is 24.8 Å². The van der Waals surface area contributed by atoms with Gasteiger partial charge in [0.2, 0.25) is 5.91 Å². The van der Waals surface area contributed by atoms with Gasteiger partial charge in [-0.2, -0.15) is 0 Å². The Morgan fingerprint density at radius 3 is 2.60 bits per heavy atom. The van der Waals surface area contributed by atoms with Crippen molar-refractivity contribution in [2.24, 2.45) is 0 Å². The first-order chi connectivity index (χ1) is 14.5. The first kappa shape index (κ1) is 21.4. The molecule has 0 unspecified atom stereocenters. The maximum atomic E-state index is 12.8. The van der Waals surface area contributed by atoms with E-state index in [1.54, 1.807) is 30.3 Å². The Morgan fingerprint density at radius 1 is 1.13 bits per heavy atom. The van der Waals surface area contributed by atoms with Crippen LogP contribution in [0.4, 0.5) is 11.4 Å². The molecule has 0 aromatic heterocycles. The zero-order valence-electron chi connectivity index (χ0n) is 16.5. The van der Waals surface area contributed by atoms with Gasteiger partial charge in [-0.05, 0) is 36.2 Å². The summed E-state index contributed by atoms with van der Waals surface area (Å²) >= 11 is 5.88. The average Bonchev–Trinajstić information content (AvgIpc) is 2.85. The maximum Gasteiger partial charge on any atom is 0.311 e. The largest absolute Gasteiger partial charge is 0.469 e. The third kappa shape index (κ3) is 5.61. The lowest BCUT2D eigenvalue weighted by atomic mass is 10.1. The number of carbonyl (C=O) groups is 3. The Morgan fingerprint density at radius 2 is 1.87 bits per heavy atom. The lowest BCUT2D eigenvalue weighted by Crippen LogP contribution is -2.40. The fraction of sp³-hybridized carbons (Fsp3) is 0.227. The van der Waals surface area contributed by atoms with E-state index in [1.807, 2.05) is 18.2 Å². The number of nitrogens with one attached hydrogen (secondary N) is 2. The molecule has 1 aliphatic heterocycles. The van der Waals surface area contributed by atoms with Gasteiger partial charge in [-0.3, -0.25) is 19.3 Å². The molecular formula is C22H22ClN3O4. The highest BCUT2D eigenvalue weighted by Gasteiger charge is 2.24. The Balaban J connectivity index is 1.67. The fourth-order valence-corrected chi connectivity index (χ4v) is 3.18. The van der Waals surface area contributed by atoms with Crippen LogP contribution < -0.4 is 15.5 Å². The molecular weight excluding hydrogens is 406 g/mol. The molecule has 2 aromatic rings. The van der Waals surface area contributed by atoms with Gasteiger partial charge in [0.1, 0.15) is 6.54 Å². The van der Waals surface area contributed by atoms with E-state index in [9.17, 15) is 14.4 Å². The second kappa shape index (κ2) is 9.93. The molecule has 0 aliphatic carbocycles. The number of nitrogens with zero attached hydrogens (tertiary/aromatic N) is 1. The van der Waals surface area contributed by atoms with Gasteiger partial charge in [-0.25, -0.2) is 0 Å². The monoisotopic (exact) mass is 427 g/mol. The van der Waals surface area contributed by atoms with Gasteiger partial charge in [0.25, 0.3) is 5.91 Å². The van der Waals surface area contributed by atoms with Crippen molar-refractivity contribution in [1.82, 2.24) is 5.32 Å². The van der Waals surface area contributed by atoms with Crippen LogP contribution in [0.3, 0.4) is 0 Å². The van der Waals surface area contributed by atoms with Crippen LogP contribution >= 0.6 is 11.6 Å². The molecule has 0 atom stereocenters. The van der Waals surface area contributed by atoms with Gasteiger partial charge in [-0.15, -0.1) is 0 Å². The summed E-state index contributed by atoms with van der Waals surface area (Å²) in [4.78, 5) is 38.3. The predicted octanol–water partition coefficient (Wildman–Crippen LogP) is 2.90. The van der Waals surface area contributed by atoms with Crippen LogP contribution in [0, 0.1) is 0 Å². The van der Waals surface area contributed by atoms with Crippen molar-refractivity contribution in [3.63, 3.8) is 0 Å². The molecule has 1 aliphatic rings. The first-order valence-electron chi connectivity index (χ1n) is 9.42. The van der Waals surface area contributed by atoms with E-state index in [2.05, 4.69) is 15.4 Å². The second-order valence-corrected chi connectivity index (χ2v) is 7.15. The lowest BCUT2D eigenvalue weighted by molar-refractivity contribution is -0.139. The summed E-state index contributed by atoms with van der Waals surface area (Å²) < 4.78 is 4.68. The van der Waals surface area contributed by atoms with E-state index in [4.69, 9.17) is 11.6 Å². The Bertz CT molecular complexity index is 973. The van der Waals surface area contributed by atoms with Crippen LogP contribution in [-0.4, -0.2) is 38.0 Å². The van der Waals surface area contributed by atoms with Crippen LogP contribution in [0.2, 0.25) is 5.02 Å². The highest BCUT2D eigenvalue weighted by molar-refractivity contribution is 6.30. The summed E-state index contributed by atoms with van der Waals surface area (Å²) in [7, 11) is 1.29. The molecule has 0 bridgehead atoms. The number of halogens is 1. The number of rotatable bonds is 7. The number of amides is 2. The Kier molecular flexibility index (Phi) is 7.08. The molecule has 2 amide bonds. The van der Waals surface area contributed by atoms with E-state index >= 15 is 0 Å². The normalized spacial score (nSPS) is 12.9. The number of carbonyl (C=O) groups excluding carboxylic acids is 3. The summed E-state index contributed by atoms with van der Waals surface area (Å²) in [6, 6.07) is 14.5. The number of para-hydroxylation sites is 2. The number of anilines is 2. The first-order valence-corrected chi connectivity index (χ1v) is 9.80. The average molecular weight is 428 g/mol. The van der Waals surface area contributed by atoms with Crippen LogP contribution in [0.1, 0.15) is 12.0 Å². The van der Waals surface area contributed by atoms with Crippen LogP contribution in [0.15, 0.2) is 60.3 Å². The van der Waals surface area contributed by atoms with E-state index in [1.165, 1.54) is 18.1 Å². The molecule has 156 valence electrons. The minimum Gasteiger partial charge on any atom is -0.469 e. The number of fused-ring (bicyclic) bond motifs is 1. The van der Waals surface area contributed by atoms with Crippen molar-refractivity contribution < 1.29 is 19.1 Å². The summed E-state index contributed by atoms with van der Waals surface area (Å²) in [5, 5.41) is 6.58. The van der Waals surface area contributed by atoms with E-state index < -0.39 is 5.97 Å². The minimum absolute atomic E-state index is 0.0717. The zero-order chi connectivity index (χ0) is 21.5. The molecule has 0 saturated heterocycles. The highest BCUT2D eigenvalue weighted by atomic mass is 35.5. The molecule has 2 aromatic carbocycles. The SMILES string of the molecule is COC(=O)CC1=CC(=O)N(CC(=O)NCCc2ccc(Cl)cc2)c2ccccc2N1. The van der Waals surface area contributed by atoms with Gasteiger partial charge in [0.05, 0.1) is 24.9 Å². The van der Waals surface area contributed by atoms with Crippen molar-refractivity contribution in [2.75, 3.05) is 30.4 Å². The predicted molar refractivity (Wildman–Crippen MR) is 115 cm³/mol. The van der Waals surface area contributed by atoms with Crippen LogP contribution in [-0.2, 0) is 25.5 Å². The molecule has 3 rings (SSSR count). The number of esters is 1. The van der Waals surface area contributed by atoms with Crippen molar-refractivity contribution in [3.8, 4) is 0 Å². The number of benzene rings is 2. The van der Waals surface area contributed by atoms with Gasteiger partial charge < -0.3 is 15.4 Å². The van der Waals surface area contributed by atoms with Crippen molar-refractivity contribution in [2.45, 2.75) is 12.8 Å². The Labute approximate surface area is 179 Å². The molecule has 2 N–H and O–H groups in total. The molecule has 0 radical (unpaired) electrons.